The van der Waals surface area contributed by atoms with Crippen molar-refractivity contribution in [1.29, 1.82) is 0 Å². The van der Waals surface area contributed by atoms with Crippen molar-refractivity contribution < 1.29 is 14.4 Å². The van der Waals surface area contributed by atoms with E-state index in [-0.39, 0.29) is 18.0 Å². The van der Waals surface area contributed by atoms with Gasteiger partial charge >= 0.3 is 0 Å². The number of hydrogen-bond donors (Lipinski definition) is 2. The van der Waals surface area contributed by atoms with E-state index in [2.05, 4.69) is 20.2 Å². The molecule has 2 aromatic heterocycles. The Morgan fingerprint density at radius 2 is 1.84 bits per heavy atom. The van der Waals surface area contributed by atoms with Crippen molar-refractivity contribution in [3.8, 4) is 0 Å². The lowest BCUT2D eigenvalue weighted by Gasteiger charge is -2.05. The Morgan fingerprint density at radius 1 is 1.08 bits per heavy atom. The maximum absolute atomic E-state index is 12.1. The molecule has 3 aromatic rings. The molecule has 0 saturated heterocycles. The van der Waals surface area contributed by atoms with Gasteiger partial charge in [-0.1, -0.05) is 24.3 Å². The fourth-order valence-electron chi connectivity index (χ4n) is 2.53. The van der Waals surface area contributed by atoms with Gasteiger partial charge in [0.1, 0.15) is 6.33 Å². The smallest absolute Gasteiger partial charge is 0.265 e. The quantitative estimate of drug-likeness (QED) is 0.506. The fourth-order valence-corrected chi connectivity index (χ4v) is 2.53. The molecule has 0 unspecified atom stereocenters. The van der Waals surface area contributed by atoms with Gasteiger partial charge in [-0.05, 0) is 24.1 Å². The molecule has 0 fully saturated rings. The summed E-state index contributed by atoms with van der Waals surface area (Å²) in [5, 5.41) is 5.98. The highest BCUT2D eigenvalue weighted by molar-refractivity contribution is 6.43. The zero-order chi connectivity index (χ0) is 17.8. The molecule has 0 radical (unpaired) electrons. The van der Waals surface area contributed by atoms with Gasteiger partial charge in [0.15, 0.2) is 11.6 Å². The van der Waals surface area contributed by atoms with Crippen molar-refractivity contribution in [2.75, 3.05) is 0 Å². The van der Waals surface area contributed by atoms with Gasteiger partial charge in [-0.3, -0.25) is 19.5 Å². The number of rotatable bonds is 7. The molecular weight excluding hydrogens is 320 g/mol. The highest BCUT2D eigenvalue weighted by atomic mass is 16.2. The number of carbonyl (C=O) groups excluding carboxylic acids is 3. The molecule has 0 bridgehead atoms. The molecule has 0 aliphatic rings. The minimum absolute atomic E-state index is 0.0100. The zero-order valence-electron chi connectivity index (χ0n) is 13.6. The van der Waals surface area contributed by atoms with E-state index in [0.29, 0.717) is 12.0 Å². The van der Waals surface area contributed by atoms with Crippen LogP contribution in [-0.2, 0) is 17.6 Å². The van der Waals surface area contributed by atoms with Crippen molar-refractivity contribution in [2.45, 2.75) is 19.8 Å². The number of aromatic amines is 2. The molecule has 126 valence electrons. The maximum atomic E-state index is 12.1. The average Bonchev–Trinajstić information content (AvgIpc) is 3.27. The molecule has 3 rings (SSSR count). The van der Waals surface area contributed by atoms with Crippen LogP contribution in [0.1, 0.15) is 44.7 Å². The van der Waals surface area contributed by atoms with Gasteiger partial charge in [-0.25, -0.2) is 4.98 Å². The third kappa shape index (κ3) is 3.77. The van der Waals surface area contributed by atoms with E-state index in [4.69, 9.17) is 0 Å². The lowest BCUT2D eigenvalue weighted by atomic mass is 10.0. The fraction of sp³-hybridized carbons (Fsp3) is 0.167. The number of carbonyl (C=O) groups is 3. The van der Waals surface area contributed by atoms with Crippen molar-refractivity contribution in [3.63, 3.8) is 0 Å². The highest BCUT2D eigenvalue weighted by Crippen LogP contribution is 2.15. The first-order valence-electron chi connectivity index (χ1n) is 7.72. The second-order valence-corrected chi connectivity index (χ2v) is 5.67. The number of nitrogens with zero attached hydrogens (tertiary/aromatic N) is 2. The van der Waals surface area contributed by atoms with E-state index in [1.165, 1.54) is 13.3 Å². The van der Waals surface area contributed by atoms with Gasteiger partial charge in [-0.2, -0.15) is 5.10 Å². The van der Waals surface area contributed by atoms with E-state index in [1.54, 1.807) is 24.4 Å². The number of hydrogen-bond acceptors (Lipinski definition) is 5. The van der Waals surface area contributed by atoms with E-state index >= 15 is 0 Å². The predicted molar refractivity (Wildman–Crippen MR) is 89.5 cm³/mol. The van der Waals surface area contributed by atoms with Crippen molar-refractivity contribution in [3.05, 3.63) is 71.1 Å². The summed E-state index contributed by atoms with van der Waals surface area (Å²) < 4.78 is 0. The molecule has 7 nitrogen and oxygen atoms in total. The molecule has 0 aliphatic carbocycles. The Labute approximate surface area is 143 Å². The molecule has 2 heterocycles. The van der Waals surface area contributed by atoms with Gasteiger partial charge in [0.25, 0.3) is 5.78 Å². The summed E-state index contributed by atoms with van der Waals surface area (Å²) in [6.07, 6.45) is 3.49. The van der Waals surface area contributed by atoms with Crippen LogP contribution in [0.25, 0.3) is 0 Å². The van der Waals surface area contributed by atoms with Crippen LogP contribution in [0.4, 0.5) is 0 Å². The summed E-state index contributed by atoms with van der Waals surface area (Å²) >= 11 is 0. The molecule has 0 spiro atoms. The minimum Gasteiger partial charge on any atom is -0.364 e. The van der Waals surface area contributed by atoms with Crippen LogP contribution < -0.4 is 0 Å². The Morgan fingerprint density at radius 3 is 2.48 bits per heavy atom. The third-order valence-electron chi connectivity index (χ3n) is 3.91. The predicted octanol–water partition coefficient (Wildman–Crippen LogP) is 1.92. The number of nitrogens with one attached hydrogen (secondary N) is 2. The monoisotopic (exact) mass is 336 g/mol. The summed E-state index contributed by atoms with van der Waals surface area (Å²) in [6.45, 7) is 1.52. The molecule has 0 amide bonds. The first kappa shape index (κ1) is 16.5. The summed E-state index contributed by atoms with van der Waals surface area (Å²) in [6, 6.07) is 9.09. The first-order valence-corrected chi connectivity index (χ1v) is 7.72. The van der Waals surface area contributed by atoms with Crippen LogP contribution in [0.15, 0.2) is 42.9 Å². The normalized spacial score (nSPS) is 10.6. The maximum Gasteiger partial charge on any atom is 0.265 e. The number of benzene rings is 1. The van der Waals surface area contributed by atoms with Gasteiger partial charge in [-0.15, -0.1) is 0 Å². The Hall–Kier alpha value is -3.35. The van der Waals surface area contributed by atoms with Gasteiger partial charge in [0.05, 0.1) is 0 Å². The van der Waals surface area contributed by atoms with Crippen molar-refractivity contribution >= 4 is 17.3 Å². The lowest BCUT2D eigenvalue weighted by molar-refractivity contribution is -0.114. The molecule has 2 N–H and O–H groups in total. The van der Waals surface area contributed by atoms with E-state index < -0.39 is 11.6 Å². The summed E-state index contributed by atoms with van der Waals surface area (Å²) in [4.78, 5) is 42.3. The summed E-state index contributed by atoms with van der Waals surface area (Å²) in [5.74, 6) is -1.27. The largest absolute Gasteiger partial charge is 0.364 e. The molecule has 0 aliphatic heterocycles. The number of aromatic nitrogens is 4. The summed E-state index contributed by atoms with van der Waals surface area (Å²) in [7, 11) is 0. The standard InChI is InChI=1S/C18H16N4O3/c1-11(23)13-4-2-12(3-5-13)8-15-14(6-7-19-15)9-16(24)17(25)18-20-10-21-22-18/h2-7,10,19H,8-9H2,1H3,(H,20,21,22). The van der Waals surface area contributed by atoms with Crippen LogP contribution in [0.5, 0.6) is 0 Å². The Bertz CT molecular complexity index is 908. The number of Topliss-reactive ketones (excluding diaryl/α,β-unsaturated/α-hetero) is 3. The second-order valence-electron chi connectivity index (χ2n) is 5.67. The average molecular weight is 336 g/mol. The Balaban J connectivity index is 1.71. The van der Waals surface area contributed by atoms with Crippen molar-refractivity contribution in [2.24, 2.45) is 0 Å². The number of ketones is 3. The zero-order valence-corrected chi connectivity index (χ0v) is 13.6. The SMILES string of the molecule is CC(=O)c1ccc(Cc2[nH]ccc2CC(=O)C(=O)c2ncn[nH]2)cc1. The topological polar surface area (TPSA) is 109 Å². The van der Waals surface area contributed by atoms with Crippen LogP contribution in [0, 0.1) is 0 Å². The van der Waals surface area contributed by atoms with Crippen LogP contribution in [0.2, 0.25) is 0 Å². The second kappa shape index (κ2) is 7.04. The highest BCUT2D eigenvalue weighted by Gasteiger charge is 2.20. The molecule has 25 heavy (non-hydrogen) atoms. The van der Waals surface area contributed by atoms with Crippen molar-refractivity contribution in [1.82, 2.24) is 20.2 Å². The van der Waals surface area contributed by atoms with Gasteiger partial charge in [0.2, 0.25) is 5.78 Å². The molecular formula is C18H16N4O3. The van der Waals surface area contributed by atoms with Crippen LogP contribution in [0.3, 0.4) is 0 Å². The molecule has 0 atom stereocenters. The third-order valence-corrected chi connectivity index (χ3v) is 3.91. The van der Waals surface area contributed by atoms with Gasteiger partial charge in [0, 0.05) is 30.3 Å². The van der Waals surface area contributed by atoms with E-state index in [9.17, 15) is 14.4 Å². The molecule has 0 saturated carbocycles. The van der Waals surface area contributed by atoms with E-state index in [1.807, 2.05) is 12.1 Å². The first-order chi connectivity index (χ1) is 12.0. The lowest BCUT2D eigenvalue weighted by Crippen LogP contribution is -2.18. The van der Waals surface area contributed by atoms with Crippen LogP contribution in [-0.4, -0.2) is 37.5 Å². The molecule has 1 aromatic carbocycles. The number of H-pyrrole nitrogens is 2. The van der Waals surface area contributed by atoms with Gasteiger partial charge < -0.3 is 4.98 Å². The minimum atomic E-state index is -0.685. The Kier molecular flexibility index (Phi) is 4.65. The van der Waals surface area contributed by atoms with E-state index in [0.717, 1.165) is 16.8 Å². The molecule has 7 heteroatoms. The van der Waals surface area contributed by atoms with Crippen LogP contribution >= 0.6 is 0 Å². The summed E-state index contributed by atoms with van der Waals surface area (Å²) in [5.41, 5.74) is 3.27.